The average Bonchev–Trinajstić information content (AvgIpc) is 2.24. The van der Waals surface area contributed by atoms with Gasteiger partial charge in [-0.3, -0.25) is 0 Å². The minimum atomic E-state index is -4.20. The molecule has 0 atom stereocenters. The Kier molecular flexibility index (Phi) is 4.34. The van der Waals surface area contributed by atoms with Crippen LogP contribution in [0, 0.1) is 5.82 Å². The highest BCUT2D eigenvalue weighted by Gasteiger charge is 2.27. The molecular weight excluding hydrogens is 236 g/mol. The molecule has 0 aromatic heterocycles. The number of hydrogen-bond acceptors (Lipinski definition) is 2. The molecule has 96 valence electrons. The Bertz CT molecular complexity index is 376. The molecule has 17 heavy (non-hydrogen) atoms. The summed E-state index contributed by atoms with van der Waals surface area (Å²) in [6.45, 7) is -0.0917. The molecule has 0 aliphatic heterocycles. The first-order valence-electron chi connectivity index (χ1n) is 5.10. The van der Waals surface area contributed by atoms with Gasteiger partial charge in [0.15, 0.2) is 0 Å². The van der Waals surface area contributed by atoms with E-state index in [0.29, 0.717) is 11.3 Å². The van der Waals surface area contributed by atoms with Crippen molar-refractivity contribution in [1.29, 1.82) is 0 Å². The second-order valence-electron chi connectivity index (χ2n) is 3.76. The smallest absolute Gasteiger partial charge is 0.374 e. The van der Waals surface area contributed by atoms with Gasteiger partial charge >= 0.3 is 6.18 Å². The van der Waals surface area contributed by atoms with Gasteiger partial charge in [0.05, 0.1) is 6.42 Å². The average molecular weight is 250 g/mol. The van der Waals surface area contributed by atoms with Gasteiger partial charge in [0.2, 0.25) is 0 Å². The summed E-state index contributed by atoms with van der Waals surface area (Å²) in [5, 5.41) is 0. The van der Waals surface area contributed by atoms with Crippen molar-refractivity contribution in [3.63, 3.8) is 0 Å². The van der Waals surface area contributed by atoms with Crippen molar-refractivity contribution in [3.8, 4) is 0 Å². The topological polar surface area (TPSA) is 29.3 Å². The number of nitrogens with zero attached hydrogens (tertiary/aromatic N) is 1. The molecule has 1 aromatic rings. The molecule has 0 saturated carbocycles. The van der Waals surface area contributed by atoms with E-state index in [1.807, 2.05) is 0 Å². The summed E-state index contributed by atoms with van der Waals surface area (Å²) in [7, 11) is 1.53. The third-order valence-corrected chi connectivity index (χ3v) is 2.40. The number of anilines is 1. The van der Waals surface area contributed by atoms with Crippen molar-refractivity contribution in [2.75, 3.05) is 18.5 Å². The third kappa shape index (κ3) is 4.22. The minimum absolute atomic E-state index is 0.0868. The van der Waals surface area contributed by atoms with Crippen molar-refractivity contribution in [2.45, 2.75) is 19.1 Å². The van der Waals surface area contributed by atoms with Gasteiger partial charge in [0.1, 0.15) is 5.82 Å². The molecule has 2 nitrogen and oxygen atoms in total. The van der Waals surface area contributed by atoms with E-state index in [-0.39, 0.29) is 13.1 Å². The summed E-state index contributed by atoms with van der Waals surface area (Å²) in [6, 6.07) is 3.88. The summed E-state index contributed by atoms with van der Waals surface area (Å²) in [5.74, 6) is -0.446. The van der Waals surface area contributed by atoms with Crippen LogP contribution in [-0.4, -0.2) is 19.8 Å². The van der Waals surface area contributed by atoms with Gasteiger partial charge in [0, 0.05) is 25.8 Å². The molecule has 0 bridgehead atoms. The van der Waals surface area contributed by atoms with Gasteiger partial charge in [-0.2, -0.15) is 13.2 Å². The van der Waals surface area contributed by atoms with E-state index in [1.165, 1.54) is 30.1 Å². The molecule has 0 aliphatic rings. The highest BCUT2D eigenvalue weighted by molar-refractivity contribution is 5.53. The highest BCUT2D eigenvalue weighted by atomic mass is 19.4. The Labute approximate surface area is 97.0 Å². The number of alkyl halides is 3. The third-order valence-electron chi connectivity index (χ3n) is 2.40. The SMILES string of the molecule is CN(CCC(F)(F)F)c1ccc(F)cc1CN. The van der Waals surface area contributed by atoms with E-state index >= 15 is 0 Å². The Morgan fingerprint density at radius 1 is 1.29 bits per heavy atom. The molecule has 0 spiro atoms. The van der Waals surface area contributed by atoms with Gasteiger partial charge in [-0.15, -0.1) is 0 Å². The summed E-state index contributed by atoms with van der Waals surface area (Å²) < 4.78 is 49.1. The highest BCUT2D eigenvalue weighted by Crippen LogP contribution is 2.24. The first kappa shape index (κ1) is 13.8. The summed E-state index contributed by atoms with van der Waals surface area (Å²) in [6.07, 6.45) is -5.11. The number of hydrogen-bond donors (Lipinski definition) is 1. The van der Waals surface area contributed by atoms with Crippen LogP contribution >= 0.6 is 0 Å². The lowest BCUT2D eigenvalue weighted by Gasteiger charge is -2.22. The first-order valence-corrected chi connectivity index (χ1v) is 5.10. The first-order chi connectivity index (χ1) is 7.83. The molecule has 1 rings (SSSR count). The lowest BCUT2D eigenvalue weighted by atomic mass is 10.1. The quantitative estimate of drug-likeness (QED) is 0.832. The number of nitrogens with two attached hydrogens (primary N) is 1. The molecule has 0 fully saturated rings. The number of rotatable bonds is 4. The zero-order valence-corrected chi connectivity index (χ0v) is 9.39. The van der Waals surface area contributed by atoms with Crippen LogP contribution in [-0.2, 0) is 6.54 Å². The van der Waals surface area contributed by atoms with Crippen molar-refractivity contribution in [2.24, 2.45) is 5.73 Å². The Hall–Kier alpha value is -1.30. The Morgan fingerprint density at radius 3 is 2.47 bits per heavy atom. The van der Waals surface area contributed by atoms with Gasteiger partial charge < -0.3 is 10.6 Å². The number of halogens is 4. The van der Waals surface area contributed by atoms with Crippen molar-refractivity contribution in [3.05, 3.63) is 29.6 Å². The van der Waals surface area contributed by atoms with Gasteiger partial charge in [-0.25, -0.2) is 4.39 Å². The molecular formula is C11H14F4N2. The van der Waals surface area contributed by atoms with Crippen LogP contribution in [0.1, 0.15) is 12.0 Å². The van der Waals surface area contributed by atoms with Crippen LogP contribution < -0.4 is 10.6 Å². The molecule has 0 saturated heterocycles. The summed E-state index contributed by atoms with van der Waals surface area (Å²) in [4.78, 5) is 1.43. The van der Waals surface area contributed by atoms with E-state index in [9.17, 15) is 17.6 Å². The van der Waals surface area contributed by atoms with Crippen LogP contribution in [0.3, 0.4) is 0 Å². The number of benzene rings is 1. The second kappa shape index (κ2) is 5.35. The molecule has 0 radical (unpaired) electrons. The monoisotopic (exact) mass is 250 g/mol. The van der Waals surface area contributed by atoms with E-state index in [4.69, 9.17) is 5.73 Å². The van der Waals surface area contributed by atoms with Crippen LogP contribution in [0.4, 0.5) is 23.2 Å². The fourth-order valence-electron chi connectivity index (χ4n) is 1.50. The van der Waals surface area contributed by atoms with E-state index in [2.05, 4.69) is 0 Å². The summed E-state index contributed by atoms with van der Waals surface area (Å²) >= 11 is 0. The maximum absolute atomic E-state index is 12.9. The maximum atomic E-state index is 12.9. The normalized spacial score (nSPS) is 11.6. The van der Waals surface area contributed by atoms with Gasteiger partial charge in [0.25, 0.3) is 0 Å². The fraction of sp³-hybridized carbons (Fsp3) is 0.455. The van der Waals surface area contributed by atoms with E-state index in [1.54, 1.807) is 0 Å². The molecule has 0 amide bonds. The van der Waals surface area contributed by atoms with Crippen LogP contribution in [0.2, 0.25) is 0 Å². The second-order valence-corrected chi connectivity index (χ2v) is 3.76. The molecule has 0 heterocycles. The lowest BCUT2D eigenvalue weighted by Crippen LogP contribution is -2.25. The molecule has 1 aromatic carbocycles. The Morgan fingerprint density at radius 2 is 1.94 bits per heavy atom. The molecule has 6 heteroatoms. The van der Waals surface area contributed by atoms with Crippen LogP contribution in [0.15, 0.2) is 18.2 Å². The summed E-state index contributed by atoms with van der Waals surface area (Å²) in [5.41, 5.74) is 6.44. The van der Waals surface area contributed by atoms with Crippen LogP contribution in [0.5, 0.6) is 0 Å². The Balaban J connectivity index is 2.78. The van der Waals surface area contributed by atoms with Crippen molar-refractivity contribution in [1.82, 2.24) is 0 Å². The predicted octanol–water partition coefficient (Wildman–Crippen LogP) is 2.67. The zero-order chi connectivity index (χ0) is 13.1. The van der Waals surface area contributed by atoms with Gasteiger partial charge in [-0.1, -0.05) is 0 Å². The zero-order valence-electron chi connectivity index (χ0n) is 9.39. The van der Waals surface area contributed by atoms with Crippen LogP contribution in [0.25, 0.3) is 0 Å². The maximum Gasteiger partial charge on any atom is 0.390 e. The molecule has 0 aliphatic carbocycles. The van der Waals surface area contributed by atoms with E-state index in [0.717, 1.165) is 0 Å². The predicted molar refractivity (Wildman–Crippen MR) is 58.2 cm³/mol. The van der Waals surface area contributed by atoms with Crippen molar-refractivity contribution < 1.29 is 17.6 Å². The fourth-order valence-corrected chi connectivity index (χ4v) is 1.50. The van der Waals surface area contributed by atoms with Crippen molar-refractivity contribution >= 4 is 5.69 Å². The minimum Gasteiger partial charge on any atom is -0.374 e. The van der Waals surface area contributed by atoms with Gasteiger partial charge in [-0.05, 0) is 23.8 Å². The molecule has 2 N–H and O–H groups in total. The lowest BCUT2D eigenvalue weighted by molar-refractivity contribution is -0.132. The molecule has 0 unspecified atom stereocenters. The largest absolute Gasteiger partial charge is 0.390 e. The van der Waals surface area contributed by atoms with E-state index < -0.39 is 18.4 Å². The standard InChI is InChI=1S/C11H14F4N2/c1-17(5-4-11(13,14)15)10-3-2-9(12)6-8(10)7-16/h2-3,6H,4-5,7,16H2,1H3.